The Morgan fingerprint density at radius 3 is 2.82 bits per heavy atom. The van der Waals surface area contributed by atoms with Crippen molar-refractivity contribution in [3.05, 3.63) is 83.7 Å². The molecule has 1 aliphatic heterocycles. The van der Waals surface area contributed by atoms with Crippen molar-refractivity contribution in [3.8, 4) is 0 Å². The molecule has 5 nitrogen and oxygen atoms in total. The number of carbonyl (C=O) groups is 1. The van der Waals surface area contributed by atoms with Crippen LogP contribution in [0.2, 0.25) is 0 Å². The highest BCUT2D eigenvalue weighted by atomic mass is 16.2. The van der Waals surface area contributed by atoms with Crippen LogP contribution in [-0.4, -0.2) is 31.9 Å². The number of aromatic nitrogens is 3. The molecule has 1 saturated carbocycles. The number of benzene rings is 1. The maximum atomic E-state index is 12.8. The van der Waals surface area contributed by atoms with E-state index in [9.17, 15) is 4.79 Å². The van der Waals surface area contributed by atoms with Crippen molar-refractivity contribution in [3.63, 3.8) is 0 Å². The van der Waals surface area contributed by atoms with Crippen LogP contribution < -0.4 is 0 Å². The van der Waals surface area contributed by atoms with Gasteiger partial charge in [-0.05, 0) is 41.5 Å². The molecule has 2 aliphatic rings. The van der Waals surface area contributed by atoms with Crippen molar-refractivity contribution in [1.29, 1.82) is 0 Å². The average molecular weight is 372 g/mol. The van der Waals surface area contributed by atoms with E-state index in [4.69, 9.17) is 4.98 Å². The van der Waals surface area contributed by atoms with Crippen LogP contribution >= 0.6 is 0 Å². The number of imidazole rings is 1. The summed E-state index contributed by atoms with van der Waals surface area (Å²) in [6, 6.07) is 12.5. The molecule has 5 heteroatoms. The normalized spacial score (nSPS) is 18.7. The predicted molar refractivity (Wildman–Crippen MR) is 107 cm³/mol. The predicted octanol–water partition coefficient (Wildman–Crippen LogP) is 3.60. The maximum Gasteiger partial charge on any atom is 0.223 e. The molecule has 1 aliphatic carbocycles. The van der Waals surface area contributed by atoms with Crippen molar-refractivity contribution < 1.29 is 4.79 Å². The van der Waals surface area contributed by atoms with Gasteiger partial charge in [0, 0.05) is 44.3 Å². The van der Waals surface area contributed by atoms with E-state index < -0.39 is 0 Å². The van der Waals surface area contributed by atoms with Crippen molar-refractivity contribution in [2.75, 3.05) is 6.54 Å². The summed E-state index contributed by atoms with van der Waals surface area (Å²) in [4.78, 5) is 23.8. The molecule has 1 atom stereocenters. The summed E-state index contributed by atoms with van der Waals surface area (Å²) in [6.45, 7) is 2.14. The van der Waals surface area contributed by atoms with Crippen LogP contribution in [0.4, 0.5) is 0 Å². The van der Waals surface area contributed by atoms with E-state index in [-0.39, 0.29) is 11.8 Å². The van der Waals surface area contributed by atoms with E-state index in [0.717, 1.165) is 17.9 Å². The Labute approximate surface area is 165 Å². The van der Waals surface area contributed by atoms with Crippen LogP contribution in [0, 0.1) is 5.92 Å². The lowest BCUT2D eigenvalue weighted by Gasteiger charge is -2.35. The molecule has 2 aromatic heterocycles. The Kier molecular flexibility index (Phi) is 4.43. The van der Waals surface area contributed by atoms with Gasteiger partial charge < -0.3 is 9.47 Å². The molecule has 0 bridgehead atoms. The van der Waals surface area contributed by atoms with Crippen LogP contribution in [-0.2, 0) is 17.9 Å². The molecule has 142 valence electrons. The van der Waals surface area contributed by atoms with Crippen molar-refractivity contribution in [2.45, 2.75) is 38.3 Å². The van der Waals surface area contributed by atoms with E-state index in [2.05, 4.69) is 39.9 Å². The SMILES string of the molecule is O=C(CC1CC1)N1Cc2ccccc2C(c2nccn2Cc2cccnc2)C1. The third kappa shape index (κ3) is 3.44. The van der Waals surface area contributed by atoms with Crippen molar-refractivity contribution in [2.24, 2.45) is 5.92 Å². The summed E-state index contributed by atoms with van der Waals surface area (Å²) in [7, 11) is 0. The second-order valence-corrected chi connectivity index (χ2v) is 7.95. The lowest BCUT2D eigenvalue weighted by Crippen LogP contribution is -2.39. The molecule has 1 aromatic carbocycles. The third-order valence-electron chi connectivity index (χ3n) is 5.84. The summed E-state index contributed by atoms with van der Waals surface area (Å²) >= 11 is 0. The van der Waals surface area contributed by atoms with E-state index in [1.807, 2.05) is 29.6 Å². The standard InChI is InChI=1S/C23H24N4O/c28-22(12-17-7-8-17)27-15-19-5-1-2-6-20(19)21(16-27)23-25-10-11-26(23)14-18-4-3-9-24-13-18/h1-6,9-11,13,17,21H,7-8,12,14-16H2. The Bertz CT molecular complexity index is 977. The number of amides is 1. The molecule has 5 rings (SSSR count). The Hall–Kier alpha value is -2.95. The lowest BCUT2D eigenvalue weighted by atomic mass is 9.88. The fourth-order valence-electron chi connectivity index (χ4n) is 4.17. The number of rotatable bonds is 5. The van der Waals surface area contributed by atoms with E-state index in [1.54, 1.807) is 6.20 Å². The maximum absolute atomic E-state index is 12.8. The first-order valence-corrected chi connectivity index (χ1v) is 10.0. The molecular formula is C23H24N4O. The quantitative estimate of drug-likeness (QED) is 0.688. The fraction of sp³-hybridized carbons (Fsp3) is 0.348. The van der Waals surface area contributed by atoms with Gasteiger partial charge in [0.25, 0.3) is 0 Å². The highest BCUT2D eigenvalue weighted by Gasteiger charge is 2.33. The minimum Gasteiger partial charge on any atom is -0.337 e. The molecule has 3 aromatic rings. The summed E-state index contributed by atoms with van der Waals surface area (Å²) in [6.07, 6.45) is 10.7. The van der Waals surface area contributed by atoms with Gasteiger partial charge in [-0.25, -0.2) is 4.98 Å². The first kappa shape index (κ1) is 17.2. The van der Waals surface area contributed by atoms with Gasteiger partial charge >= 0.3 is 0 Å². The van der Waals surface area contributed by atoms with Crippen LogP contribution in [0.3, 0.4) is 0 Å². The van der Waals surface area contributed by atoms with Gasteiger partial charge in [-0.3, -0.25) is 9.78 Å². The third-order valence-corrected chi connectivity index (χ3v) is 5.84. The number of hydrogen-bond acceptors (Lipinski definition) is 3. The minimum absolute atomic E-state index is 0.0970. The minimum atomic E-state index is 0.0970. The molecule has 1 unspecified atom stereocenters. The van der Waals surface area contributed by atoms with Crippen LogP contribution in [0.25, 0.3) is 0 Å². The van der Waals surface area contributed by atoms with Gasteiger partial charge in [0.2, 0.25) is 5.91 Å². The van der Waals surface area contributed by atoms with Gasteiger partial charge in [-0.2, -0.15) is 0 Å². The van der Waals surface area contributed by atoms with Crippen molar-refractivity contribution in [1.82, 2.24) is 19.4 Å². The zero-order valence-electron chi connectivity index (χ0n) is 15.9. The number of pyridine rings is 1. The Balaban J connectivity index is 1.46. The van der Waals surface area contributed by atoms with E-state index in [0.29, 0.717) is 25.4 Å². The van der Waals surface area contributed by atoms with Gasteiger partial charge in [-0.1, -0.05) is 30.3 Å². The van der Waals surface area contributed by atoms with Gasteiger partial charge in [0.05, 0.1) is 12.5 Å². The van der Waals surface area contributed by atoms with Gasteiger partial charge in [-0.15, -0.1) is 0 Å². The fourth-order valence-corrected chi connectivity index (χ4v) is 4.17. The first-order valence-electron chi connectivity index (χ1n) is 10.0. The highest BCUT2D eigenvalue weighted by Crippen LogP contribution is 2.36. The largest absolute Gasteiger partial charge is 0.337 e. The zero-order chi connectivity index (χ0) is 18.9. The van der Waals surface area contributed by atoms with E-state index in [1.165, 1.54) is 24.0 Å². The van der Waals surface area contributed by atoms with Crippen LogP contribution in [0.5, 0.6) is 0 Å². The highest BCUT2D eigenvalue weighted by molar-refractivity contribution is 5.77. The molecular weight excluding hydrogens is 348 g/mol. The molecule has 0 radical (unpaired) electrons. The Morgan fingerprint density at radius 2 is 2.00 bits per heavy atom. The number of hydrogen-bond donors (Lipinski definition) is 0. The molecule has 0 saturated heterocycles. The molecule has 3 heterocycles. The second kappa shape index (κ2) is 7.23. The van der Waals surface area contributed by atoms with Crippen LogP contribution in [0.15, 0.2) is 61.2 Å². The monoisotopic (exact) mass is 372 g/mol. The van der Waals surface area contributed by atoms with E-state index >= 15 is 0 Å². The summed E-state index contributed by atoms with van der Waals surface area (Å²) < 4.78 is 2.19. The van der Waals surface area contributed by atoms with Crippen molar-refractivity contribution >= 4 is 5.91 Å². The lowest BCUT2D eigenvalue weighted by molar-refractivity contribution is -0.132. The topological polar surface area (TPSA) is 51.0 Å². The first-order chi connectivity index (χ1) is 13.8. The number of carbonyl (C=O) groups excluding carboxylic acids is 1. The summed E-state index contributed by atoms with van der Waals surface area (Å²) in [5.41, 5.74) is 3.67. The Morgan fingerprint density at radius 1 is 1.11 bits per heavy atom. The molecule has 0 N–H and O–H groups in total. The zero-order valence-corrected chi connectivity index (χ0v) is 15.9. The van der Waals surface area contributed by atoms with Gasteiger partial charge in [0.1, 0.15) is 5.82 Å². The number of nitrogens with zero attached hydrogens (tertiary/aromatic N) is 4. The summed E-state index contributed by atoms with van der Waals surface area (Å²) in [5.74, 6) is 2.00. The smallest absolute Gasteiger partial charge is 0.223 e. The number of fused-ring (bicyclic) bond motifs is 1. The second-order valence-electron chi connectivity index (χ2n) is 7.95. The molecule has 1 fully saturated rings. The molecule has 28 heavy (non-hydrogen) atoms. The molecule has 0 spiro atoms. The van der Waals surface area contributed by atoms with Crippen LogP contribution in [0.1, 0.15) is 47.7 Å². The van der Waals surface area contributed by atoms with Gasteiger partial charge in [0.15, 0.2) is 0 Å². The average Bonchev–Trinajstić information content (AvgIpc) is 3.43. The summed E-state index contributed by atoms with van der Waals surface area (Å²) in [5, 5.41) is 0. The molecule has 1 amide bonds.